The van der Waals surface area contributed by atoms with Crippen molar-refractivity contribution < 1.29 is 4.79 Å². The van der Waals surface area contributed by atoms with Gasteiger partial charge in [-0.05, 0) is 42.7 Å². The fraction of sp³-hybridized carbons (Fsp3) is 0.278. The van der Waals surface area contributed by atoms with Crippen LogP contribution < -0.4 is 5.32 Å². The van der Waals surface area contributed by atoms with E-state index < -0.39 is 0 Å². The van der Waals surface area contributed by atoms with Gasteiger partial charge >= 0.3 is 0 Å². The molecule has 0 aliphatic carbocycles. The summed E-state index contributed by atoms with van der Waals surface area (Å²) in [4.78, 5) is 13.4. The van der Waals surface area contributed by atoms with Crippen molar-refractivity contribution in [2.45, 2.75) is 36.8 Å². The Bertz CT molecular complexity index is 595. The van der Waals surface area contributed by atoms with Gasteiger partial charge in [0.15, 0.2) is 0 Å². The number of thioether (sulfide) groups is 1. The second kappa shape index (κ2) is 7.32. The molecule has 0 aromatic heterocycles. The lowest BCUT2D eigenvalue weighted by molar-refractivity contribution is -0.115. The third kappa shape index (κ3) is 4.64. The smallest absolute Gasteiger partial charge is 0.237 e. The molecule has 21 heavy (non-hydrogen) atoms. The molecule has 0 aliphatic rings. The third-order valence-electron chi connectivity index (χ3n) is 3.25. The summed E-state index contributed by atoms with van der Waals surface area (Å²) in [6.45, 7) is 6.23. The first-order valence-corrected chi connectivity index (χ1v) is 8.07. The van der Waals surface area contributed by atoms with Gasteiger partial charge in [0.05, 0.1) is 5.25 Å². The summed E-state index contributed by atoms with van der Waals surface area (Å²) < 4.78 is 0. The molecule has 1 N–H and O–H groups in total. The van der Waals surface area contributed by atoms with Crippen LogP contribution in [-0.4, -0.2) is 11.2 Å². The zero-order chi connectivity index (χ0) is 15.2. The average Bonchev–Trinajstić information content (AvgIpc) is 2.48. The molecule has 2 aromatic carbocycles. The van der Waals surface area contributed by atoms with Crippen molar-refractivity contribution in [1.82, 2.24) is 0 Å². The maximum Gasteiger partial charge on any atom is 0.237 e. The number of hydrogen-bond acceptors (Lipinski definition) is 2. The number of anilines is 1. The van der Waals surface area contributed by atoms with Gasteiger partial charge in [-0.25, -0.2) is 0 Å². The number of carbonyl (C=O) groups is 1. The van der Waals surface area contributed by atoms with E-state index in [-0.39, 0.29) is 11.2 Å². The minimum absolute atomic E-state index is 0.0322. The highest BCUT2D eigenvalue weighted by atomic mass is 32.2. The van der Waals surface area contributed by atoms with Crippen molar-refractivity contribution in [2.75, 3.05) is 5.32 Å². The highest BCUT2D eigenvalue weighted by Gasteiger charge is 2.14. The van der Waals surface area contributed by atoms with Crippen LogP contribution in [0, 0.1) is 0 Å². The van der Waals surface area contributed by atoms with Crippen LogP contribution in [0.15, 0.2) is 59.5 Å². The molecule has 0 spiro atoms. The van der Waals surface area contributed by atoms with Crippen molar-refractivity contribution in [1.29, 1.82) is 0 Å². The summed E-state index contributed by atoms with van der Waals surface area (Å²) in [5.41, 5.74) is 2.10. The van der Waals surface area contributed by atoms with E-state index in [0.717, 1.165) is 10.6 Å². The fourth-order valence-electron chi connectivity index (χ4n) is 1.98. The van der Waals surface area contributed by atoms with Gasteiger partial charge in [0.1, 0.15) is 0 Å². The van der Waals surface area contributed by atoms with Gasteiger partial charge in [-0.1, -0.05) is 44.2 Å². The van der Waals surface area contributed by atoms with E-state index in [2.05, 4.69) is 25.2 Å². The summed E-state index contributed by atoms with van der Waals surface area (Å²) in [6, 6.07) is 18.0. The average molecular weight is 299 g/mol. The normalized spacial score (nSPS) is 12.2. The quantitative estimate of drug-likeness (QED) is 0.793. The van der Waals surface area contributed by atoms with Gasteiger partial charge in [-0.15, -0.1) is 11.8 Å². The van der Waals surface area contributed by atoms with E-state index in [4.69, 9.17) is 0 Å². The molecule has 0 radical (unpaired) electrons. The second-order valence-corrected chi connectivity index (χ2v) is 6.76. The van der Waals surface area contributed by atoms with E-state index >= 15 is 0 Å². The SMILES string of the molecule is CC(Sc1ccccc1)C(=O)Nc1cccc(C(C)C)c1. The van der Waals surface area contributed by atoms with Crippen molar-refractivity contribution in [2.24, 2.45) is 0 Å². The third-order valence-corrected chi connectivity index (χ3v) is 4.36. The molecule has 0 heterocycles. The first-order chi connectivity index (χ1) is 10.1. The number of rotatable bonds is 5. The first-order valence-electron chi connectivity index (χ1n) is 7.19. The molecule has 0 aliphatic heterocycles. The fourth-order valence-corrected chi connectivity index (χ4v) is 2.86. The Morgan fingerprint density at radius 2 is 1.71 bits per heavy atom. The molecular formula is C18H21NOS. The van der Waals surface area contributed by atoms with Crippen LogP contribution in [0.25, 0.3) is 0 Å². The van der Waals surface area contributed by atoms with Crippen LogP contribution >= 0.6 is 11.8 Å². The maximum atomic E-state index is 12.3. The maximum absolute atomic E-state index is 12.3. The Balaban J connectivity index is 1.99. The van der Waals surface area contributed by atoms with Crippen LogP contribution in [0.5, 0.6) is 0 Å². The monoisotopic (exact) mass is 299 g/mol. The molecule has 0 saturated heterocycles. The van der Waals surface area contributed by atoms with E-state index in [1.807, 2.05) is 55.5 Å². The summed E-state index contributed by atoms with van der Waals surface area (Å²) in [6.07, 6.45) is 0. The molecular weight excluding hydrogens is 278 g/mol. The largest absolute Gasteiger partial charge is 0.325 e. The summed E-state index contributed by atoms with van der Waals surface area (Å²) in [7, 11) is 0. The van der Waals surface area contributed by atoms with Gasteiger partial charge in [0, 0.05) is 10.6 Å². The molecule has 2 nitrogen and oxygen atoms in total. The van der Waals surface area contributed by atoms with Crippen LogP contribution in [0.1, 0.15) is 32.3 Å². The Kier molecular flexibility index (Phi) is 5.45. The molecule has 0 saturated carbocycles. The number of amides is 1. The summed E-state index contributed by atoms with van der Waals surface area (Å²) in [5, 5.41) is 2.87. The molecule has 2 aromatic rings. The second-order valence-electron chi connectivity index (χ2n) is 5.34. The van der Waals surface area contributed by atoms with Gasteiger partial charge < -0.3 is 5.32 Å². The number of benzene rings is 2. The lowest BCUT2D eigenvalue weighted by atomic mass is 10.0. The van der Waals surface area contributed by atoms with Gasteiger partial charge in [0.25, 0.3) is 0 Å². The van der Waals surface area contributed by atoms with Crippen LogP contribution in [0.3, 0.4) is 0 Å². The van der Waals surface area contributed by atoms with Crippen molar-refractivity contribution in [3.8, 4) is 0 Å². The Hall–Kier alpha value is -1.74. The molecule has 3 heteroatoms. The molecule has 2 rings (SSSR count). The van der Waals surface area contributed by atoms with Crippen molar-refractivity contribution in [3.63, 3.8) is 0 Å². The molecule has 110 valence electrons. The molecule has 1 unspecified atom stereocenters. The zero-order valence-electron chi connectivity index (χ0n) is 12.7. The highest BCUT2D eigenvalue weighted by Crippen LogP contribution is 2.24. The van der Waals surface area contributed by atoms with Gasteiger partial charge in [0.2, 0.25) is 5.91 Å². The topological polar surface area (TPSA) is 29.1 Å². The lowest BCUT2D eigenvalue weighted by Gasteiger charge is -2.13. The first kappa shape index (κ1) is 15.6. The van der Waals surface area contributed by atoms with Crippen LogP contribution in [-0.2, 0) is 4.79 Å². The summed E-state index contributed by atoms with van der Waals surface area (Å²) in [5.74, 6) is 0.489. The van der Waals surface area contributed by atoms with Gasteiger partial charge in [-0.3, -0.25) is 4.79 Å². The molecule has 1 amide bonds. The summed E-state index contributed by atoms with van der Waals surface area (Å²) >= 11 is 1.57. The Morgan fingerprint density at radius 3 is 2.38 bits per heavy atom. The van der Waals surface area contributed by atoms with Gasteiger partial charge in [-0.2, -0.15) is 0 Å². The van der Waals surface area contributed by atoms with E-state index in [9.17, 15) is 4.79 Å². The molecule has 0 bridgehead atoms. The van der Waals surface area contributed by atoms with E-state index in [1.165, 1.54) is 5.56 Å². The Morgan fingerprint density at radius 1 is 1.00 bits per heavy atom. The standard InChI is InChI=1S/C18H21NOS/c1-13(2)15-8-7-9-16(12-15)19-18(20)14(3)21-17-10-5-4-6-11-17/h4-14H,1-3H3,(H,19,20). The predicted octanol–water partition coefficient (Wildman–Crippen LogP) is 4.93. The van der Waals surface area contributed by atoms with E-state index in [1.54, 1.807) is 11.8 Å². The van der Waals surface area contributed by atoms with Crippen molar-refractivity contribution in [3.05, 3.63) is 60.2 Å². The number of carbonyl (C=O) groups excluding carboxylic acids is 1. The number of nitrogens with one attached hydrogen (secondary N) is 1. The molecule has 0 fully saturated rings. The molecule has 1 atom stereocenters. The number of hydrogen-bond donors (Lipinski definition) is 1. The Labute approximate surface area is 131 Å². The predicted molar refractivity (Wildman–Crippen MR) is 90.9 cm³/mol. The van der Waals surface area contributed by atoms with Crippen molar-refractivity contribution >= 4 is 23.4 Å². The lowest BCUT2D eigenvalue weighted by Crippen LogP contribution is -2.22. The van der Waals surface area contributed by atoms with Crippen LogP contribution in [0.2, 0.25) is 0 Å². The minimum atomic E-state index is -0.130. The van der Waals surface area contributed by atoms with E-state index in [0.29, 0.717) is 5.92 Å². The zero-order valence-corrected chi connectivity index (χ0v) is 13.5. The minimum Gasteiger partial charge on any atom is -0.325 e. The highest BCUT2D eigenvalue weighted by molar-refractivity contribution is 8.00. The van der Waals surface area contributed by atoms with Crippen LogP contribution in [0.4, 0.5) is 5.69 Å².